The van der Waals surface area contributed by atoms with Crippen molar-refractivity contribution in [3.8, 4) is 0 Å². The Hall–Kier alpha value is -1.16. The van der Waals surface area contributed by atoms with Crippen molar-refractivity contribution in [1.82, 2.24) is 0 Å². The van der Waals surface area contributed by atoms with E-state index in [0.717, 1.165) is 0 Å². The lowest BCUT2D eigenvalue weighted by Crippen LogP contribution is -1.97. The summed E-state index contributed by atoms with van der Waals surface area (Å²) >= 11 is 3.18. The van der Waals surface area contributed by atoms with E-state index in [-0.39, 0.29) is 11.8 Å². The standard InChI is InChI=1S/C12H12BrFO2/c1-16-12(15)5-3-2-4-9-6-7-10(13)8-11(9)14/h2,4,6-8H,3,5H2,1H3/b4-2-. The highest BCUT2D eigenvalue weighted by Gasteiger charge is 1.99. The predicted molar refractivity (Wildman–Crippen MR) is 64.4 cm³/mol. The number of halogens is 2. The quantitative estimate of drug-likeness (QED) is 0.791. The number of methoxy groups -OCH3 is 1. The maximum atomic E-state index is 13.3. The Kier molecular flexibility index (Phi) is 5.19. The van der Waals surface area contributed by atoms with Gasteiger partial charge in [-0.2, -0.15) is 0 Å². The van der Waals surface area contributed by atoms with Crippen LogP contribution in [0.4, 0.5) is 4.39 Å². The van der Waals surface area contributed by atoms with Crippen molar-refractivity contribution in [3.63, 3.8) is 0 Å². The van der Waals surface area contributed by atoms with E-state index < -0.39 is 0 Å². The number of allylic oxidation sites excluding steroid dienone is 1. The Morgan fingerprint density at radius 1 is 1.56 bits per heavy atom. The molecule has 0 aliphatic heterocycles. The van der Waals surface area contributed by atoms with Gasteiger partial charge in [0.15, 0.2) is 0 Å². The van der Waals surface area contributed by atoms with Gasteiger partial charge in [-0.25, -0.2) is 4.39 Å². The van der Waals surface area contributed by atoms with Crippen LogP contribution in [-0.4, -0.2) is 13.1 Å². The van der Waals surface area contributed by atoms with Gasteiger partial charge >= 0.3 is 5.97 Å². The molecule has 0 aliphatic carbocycles. The first-order chi connectivity index (χ1) is 7.63. The van der Waals surface area contributed by atoms with Crippen LogP contribution in [0.25, 0.3) is 6.08 Å². The molecule has 0 spiro atoms. The minimum absolute atomic E-state index is 0.263. The Balaban J connectivity index is 2.53. The van der Waals surface area contributed by atoms with Crippen LogP contribution in [0.3, 0.4) is 0 Å². The summed E-state index contributed by atoms with van der Waals surface area (Å²) in [5.74, 6) is -0.551. The van der Waals surface area contributed by atoms with Crippen LogP contribution < -0.4 is 0 Å². The number of esters is 1. The van der Waals surface area contributed by atoms with E-state index in [1.165, 1.54) is 13.2 Å². The largest absolute Gasteiger partial charge is 0.469 e. The van der Waals surface area contributed by atoms with Crippen molar-refractivity contribution < 1.29 is 13.9 Å². The lowest BCUT2D eigenvalue weighted by Gasteiger charge is -1.97. The van der Waals surface area contributed by atoms with Crippen molar-refractivity contribution >= 4 is 28.0 Å². The molecule has 0 bridgehead atoms. The van der Waals surface area contributed by atoms with Gasteiger partial charge in [-0.1, -0.05) is 34.1 Å². The third kappa shape index (κ3) is 4.14. The lowest BCUT2D eigenvalue weighted by molar-refractivity contribution is -0.140. The second kappa shape index (κ2) is 6.43. The Morgan fingerprint density at radius 2 is 2.31 bits per heavy atom. The lowest BCUT2D eigenvalue weighted by atomic mass is 10.2. The van der Waals surface area contributed by atoms with Crippen LogP contribution in [0.5, 0.6) is 0 Å². The summed E-state index contributed by atoms with van der Waals surface area (Å²) in [5.41, 5.74) is 0.507. The molecule has 0 N–H and O–H groups in total. The van der Waals surface area contributed by atoms with Crippen LogP contribution in [0.2, 0.25) is 0 Å². The maximum Gasteiger partial charge on any atom is 0.305 e. The SMILES string of the molecule is COC(=O)CC/C=C\c1ccc(Br)cc1F. The van der Waals surface area contributed by atoms with Crippen LogP contribution in [-0.2, 0) is 9.53 Å². The van der Waals surface area contributed by atoms with Gasteiger partial charge in [0.25, 0.3) is 0 Å². The summed E-state index contributed by atoms with van der Waals surface area (Å²) in [5, 5.41) is 0. The summed E-state index contributed by atoms with van der Waals surface area (Å²) < 4.78 is 18.5. The fourth-order valence-corrected chi connectivity index (χ4v) is 1.48. The van der Waals surface area contributed by atoms with Crippen molar-refractivity contribution in [2.24, 2.45) is 0 Å². The molecule has 0 radical (unpaired) electrons. The first-order valence-electron chi connectivity index (χ1n) is 4.82. The summed E-state index contributed by atoms with van der Waals surface area (Å²) in [6.07, 6.45) is 4.27. The minimum Gasteiger partial charge on any atom is -0.469 e. The number of benzene rings is 1. The molecule has 4 heteroatoms. The summed E-state index contributed by atoms with van der Waals surface area (Å²) in [7, 11) is 1.35. The third-order valence-electron chi connectivity index (χ3n) is 2.00. The van der Waals surface area contributed by atoms with Crippen LogP contribution in [0.1, 0.15) is 18.4 Å². The van der Waals surface area contributed by atoms with Crippen molar-refractivity contribution in [1.29, 1.82) is 0 Å². The topological polar surface area (TPSA) is 26.3 Å². The number of rotatable bonds is 4. The van der Waals surface area contributed by atoms with Crippen molar-refractivity contribution in [2.45, 2.75) is 12.8 Å². The average molecular weight is 287 g/mol. The molecule has 0 saturated heterocycles. The zero-order chi connectivity index (χ0) is 12.0. The number of hydrogen-bond acceptors (Lipinski definition) is 2. The summed E-state index contributed by atoms with van der Waals surface area (Å²) in [6, 6.07) is 4.84. The zero-order valence-corrected chi connectivity index (χ0v) is 10.5. The highest BCUT2D eigenvalue weighted by atomic mass is 79.9. The third-order valence-corrected chi connectivity index (χ3v) is 2.50. The van der Waals surface area contributed by atoms with E-state index in [0.29, 0.717) is 22.9 Å². The van der Waals surface area contributed by atoms with Crippen LogP contribution in [0, 0.1) is 5.82 Å². The highest BCUT2D eigenvalue weighted by Crippen LogP contribution is 2.16. The second-order valence-corrected chi connectivity index (χ2v) is 4.10. The number of hydrogen-bond donors (Lipinski definition) is 0. The molecule has 0 heterocycles. The Morgan fingerprint density at radius 3 is 2.94 bits per heavy atom. The first kappa shape index (κ1) is 12.9. The molecular formula is C12H12BrFO2. The van der Waals surface area contributed by atoms with Gasteiger partial charge in [0.1, 0.15) is 5.82 Å². The van der Waals surface area contributed by atoms with E-state index in [1.807, 2.05) is 0 Å². The molecule has 16 heavy (non-hydrogen) atoms. The predicted octanol–water partition coefficient (Wildman–Crippen LogP) is 3.55. The van der Waals surface area contributed by atoms with E-state index in [9.17, 15) is 9.18 Å². The van der Waals surface area contributed by atoms with Gasteiger partial charge < -0.3 is 4.74 Å². The molecule has 0 atom stereocenters. The van der Waals surface area contributed by atoms with Gasteiger partial charge in [-0.15, -0.1) is 0 Å². The molecule has 0 saturated carbocycles. The van der Waals surface area contributed by atoms with E-state index in [2.05, 4.69) is 20.7 Å². The molecule has 86 valence electrons. The number of carbonyl (C=O) groups excluding carboxylic acids is 1. The maximum absolute atomic E-state index is 13.3. The van der Waals surface area contributed by atoms with Gasteiger partial charge in [0, 0.05) is 16.5 Å². The van der Waals surface area contributed by atoms with Gasteiger partial charge in [0.2, 0.25) is 0 Å². The molecule has 0 aliphatic rings. The molecule has 0 unspecified atom stereocenters. The van der Waals surface area contributed by atoms with E-state index >= 15 is 0 Å². The molecule has 2 nitrogen and oxygen atoms in total. The highest BCUT2D eigenvalue weighted by molar-refractivity contribution is 9.10. The molecule has 1 aromatic rings. The van der Waals surface area contributed by atoms with Crippen molar-refractivity contribution in [2.75, 3.05) is 7.11 Å². The monoisotopic (exact) mass is 286 g/mol. The van der Waals surface area contributed by atoms with Crippen LogP contribution in [0.15, 0.2) is 28.7 Å². The van der Waals surface area contributed by atoms with Crippen LogP contribution >= 0.6 is 15.9 Å². The van der Waals surface area contributed by atoms with Gasteiger partial charge in [-0.3, -0.25) is 4.79 Å². The summed E-state index contributed by atoms with van der Waals surface area (Å²) in [6.45, 7) is 0. The molecule has 1 aromatic carbocycles. The molecular weight excluding hydrogens is 275 g/mol. The van der Waals surface area contributed by atoms with Crippen molar-refractivity contribution in [3.05, 3.63) is 40.1 Å². The zero-order valence-electron chi connectivity index (χ0n) is 8.87. The first-order valence-corrected chi connectivity index (χ1v) is 5.61. The summed E-state index contributed by atoms with van der Waals surface area (Å²) in [4.78, 5) is 10.8. The molecule has 0 amide bonds. The normalized spacial score (nSPS) is 10.7. The number of ether oxygens (including phenoxy) is 1. The van der Waals surface area contributed by atoms with E-state index in [4.69, 9.17) is 0 Å². The Labute approximate surface area is 102 Å². The fourth-order valence-electron chi connectivity index (χ4n) is 1.15. The molecule has 0 fully saturated rings. The fraction of sp³-hybridized carbons (Fsp3) is 0.250. The average Bonchev–Trinajstić information content (AvgIpc) is 2.26. The smallest absolute Gasteiger partial charge is 0.305 e. The number of carbonyl (C=O) groups is 1. The second-order valence-electron chi connectivity index (χ2n) is 3.18. The van der Waals surface area contributed by atoms with Gasteiger partial charge in [-0.05, 0) is 18.6 Å². The molecule has 1 rings (SSSR count). The molecule has 0 aromatic heterocycles. The van der Waals surface area contributed by atoms with E-state index in [1.54, 1.807) is 24.3 Å². The Bertz CT molecular complexity index is 402. The minimum atomic E-state index is -0.288. The van der Waals surface area contributed by atoms with Gasteiger partial charge in [0.05, 0.1) is 7.11 Å².